The molecule has 1 aliphatic heterocycles. The summed E-state index contributed by atoms with van der Waals surface area (Å²) in [6, 6.07) is 0.582. The third-order valence-electron chi connectivity index (χ3n) is 3.94. The molecule has 0 aromatic carbocycles. The van der Waals surface area contributed by atoms with Crippen molar-refractivity contribution in [2.75, 3.05) is 13.2 Å². The van der Waals surface area contributed by atoms with Crippen molar-refractivity contribution in [3.05, 3.63) is 11.6 Å². The highest BCUT2D eigenvalue weighted by atomic mass is 16.5. The number of rotatable bonds is 6. The Balaban J connectivity index is 1.88. The number of ether oxygens (including phenoxy) is 1. The van der Waals surface area contributed by atoms with Gasteiger partial charge in [-0.1, -0.05) is 18.6 Å². The van der Waals surface area contributed by atoms with Crippen molar-refractivity contribution in [3.63, 3.8) is 0 Å². The van der Waals surface area contributed by atoms with Crippen molar-refractivity contribution in [2.24, 2.45) is 0 Å². The molecule has 2 nitrogen and oxygen atoms in total. The van der Waals surface area contributed by atoms with Crippen LogP contribution in [-0.2, 0) is 4.74 Å². The van der Waals surface area contributed by atoms with Crippen molar-refractivity contribution < 1.29 is 4.74 Å². The topological polar surface area (TPSA) is 21.3 Å². The number of hydrogen-bond donors (Lipinski definition) is 1. The van der Waals surface area contributed by atoms with Gasteiger partial charge >= 0.3 is 0 Å². The van der Waals surface area contributed by atoms with E-state index in [0.717, 1.165) is 13.2 Å². The molecule has 1 fully saturated rings. The fourth-order valence-electron chi connectivity index (χ4n) is 2.96. The summed E-state index contributed by atoms with van der Waals surface area (Å²) < 4.78 is 5.79. The first-order valence-corrected chi connectivity index (χ1v) is 7.44. The normalized spacial score (nSPS) is 26.9. The summed E-state index contributed by atoms with van der Waals surface area (Å²) in [5, 5.41) is 3.72. The molecule has 0 radical (unpaired) electrons. The van der Waals surface area contributed by atoms with Crippen molar-refractivity contribution in [3.8, 4) is 0 Å². The molecule has 0 aromatic heterocycles. The summed E-state index contributed by atoms with van der Waals surface area (Å²) >= 11 is 0. The van der Waals surface area contributed by atoms with Gasteiger partial charge in [-0.15, -0.1) is 0 Å². The van der Waals surface area contributed by atoms with E-state index in [2.05, 4.69) is 18.3 Å². The molecule has 0 bridgehead atoms. The maximum absolute atomic E-state index is 5.79. The van der Waals surface area contributed by atoms with E-state index in [1.807, 2.05) is 0 Å². The molecule has 1 saturated heterocycles. The standard InChI is InChI=1S/C15H27NO/c1-2-10-16-15(12-14-9-6-11-17-14)13-7-4-3-5-8-13/h7,14-16H,2-6,8-12H2,1H3. The molecule has 0 aromatic rings. The molecule has 2 heteroatoms. The maximum Gasteiger partial charge on any atom is 0.0594 e. The Hall–Kier alpha value is -0.340. The van der Waals surface area contributed by atoms with Crippen LogP contribution in [0.3, 0.4) is 0 Å². The van der Waals surface area contributed by atoms with Crippen LogP contribution >= 0.6 is 0 Å². The molecule has 0 amide bonds. The Morgan fingerprint density at radius 2 is 2.35 bits per heavy atom. The molecule has 1 aliphatic carbocycles. The molecule has 2 aliphatic rings. The van der Waals surface area contributed by atoms with Gasteiger partial charge in [0, 0.05) is 12.6 Å². The van der Waals surface area contributed by atoms with Crippen LogP contribution in [0.1, 0.15) is 58.3 Å². The Bertz CT molecular complexity index is 243. The molecule has 0 saturated carbocycles. The zero-order valence-electron chi connectivity index (χ0n) is 11.2. The van der Waals surface area contributed by atoms with E-state index in [0.29, 0.717) is 12.1 Å². The Kier molecular flexibility index (Phi) is 5.53. The molecule has 1 N–H and O–H groups in total. The van der Waals surface area contributed by atoms with Crippen molar-refractivity contribution in [1.29, 1.82) is 0 Å². The third-order valence-corrected chi connectivity index (χ3v) is 3.94. The highest BCUT2D eigenvalue weighted by Gasteiger charge is 2.23. The second-order valence-corrected chi connectivity index (χ2v) is 5.40. The SMILES string of the molecule is CCCNC(CC1CCCO1)C1=CCCCC1. The van der Waals surface area contributed by atoms with Crippen molar-refractivity contribution >= 4 is 0 Å². The minimum absolute atomic E-state index is 0.507. The molecule has 17 heavy (non-hydrogen) atoms. The van der Waals surface area contributed by atoms with Crippen LogP contribution in [0.15, 0.2) is 11.6 Å². The zero-order valence-corrected chi connectivity index (χ0v) is 11.2. The van der Waals surface area contributed by atoms with Gasteiger partial charge in [-0.2, -0.15) is 0 Å². The lowest BCUT2D eigenvalue weighted by Crippen LogP contribution is -2.35. The quantitative estimate of drug-likeness (QED) is 0.715. The molecule has 98 valence electrons. The Morgan fingerprint density at radius 3 is 3.00 bits per heavy atom. The fourth-order valence-corrected chi connectivity index (χ4v) is 2.96. The average Bonchev–Trinajstić information content (AvgIpc) is 2.88. The predicted octanol–water partition coefficient (Wildman–Crippen LogP) is 3.42. The van der Waals surface area contributed by atoms with E-state index in [9.17, 15) is 0 Å². The minimum Gasteiger partial charge on any atom is -0.378 e. The monoisotopic (exact) mass is 237 g/mol. The first-order valence-electron chi connectivity index (χ1n) is 7.44. The van der Waals surface area contributed by atoms with Crippen molar-refractivity contribution in [1.82, 2.24) is 5.32 Å². The van der Waals surface area contributed by atoms with Crippen LogP contribution in [0.2, 0.25) is 0 Å². The average molecular weight is 237 g/mol. The van der Waals surface area contributed by atoms with Gasteiger partial charge in [0.2, 0.25) is 0 Å². The zero-order chi connectivity index (χ0) is 11.9. The van der Waals surface area contributed by atoms with Gasteiger partial charge < -0.3 is 10.1 Å². The first kappa shape index (κ1) is 13.1. The summed E-state index contributed by atoms with van der Waals surface area (Å²) in [5.74, 6) is 0. The predicted molar refractivity (Wildman–Crippen MR) is 72.2 cm³/mol. The summed E-state index contributed by atoms with van der Waals surface area (Å²) in [6.07, 6.45) is 13.2. The van der Waals surface area contributed by atoms with Crippen LogP contribution in [0, 0.1) is 0 Å². The van der Waals surface area contributed by atoms with Gasteiger partial charge in [-0.05, 0) is 57.9 Å². The molecule has 2 rings (SSSR count). The van der Waals surface area contributed by atoms with E-state index in [1.165, 1.54) is 51.4 Å². The summed E-state index contributed by atoms with van der Waals surface area (Å²) in [5.41, 5.74) is 1.65. The van der Waals surface area contributed by atoms with Crippen LogP contribution in [0.25, 0.3) is 0 Å². The molecule has 2 unspecified atom stereocenters. The lowest BCUT2D eigenvalue weighted by atomic mass is 9.90. The van der Waals surface area contributed by atoms with Gasteiger partial charge in [-0.25, -0.2) is 0 Å². The van der Waals surface area contributed by atoms with Gasteiger partial charge in [-0.3, -0.25) is 0 Å². The van der Waals surface area contributed by atoms with Crippen molar-refractivity contribution in [2.45, 2.75) is 70.4 Å². The summed E-state index contributed by atoms with van der Waals surface area (Å²) in [6.45, 7) is 4.35. The summed E-state index contributed by atoms with van der Waals surface area (Å²) in [7, 11) is 0. The lowest BCUT2D eigenvalue weighted by Gasteiger charge is -2.26. The van der Waals surface area contributed by atoms with Crippen LogP contribution in [0.4, 0.5) is 0 Å². The number of allylic oxidation sites excluding steroid dienone is 1. The van der Waals surface area contributed by atoms with E-state index >= 15 is 0 Å². The Morgan fingerprint density at radius 1 is 1.41 bits per heavy atom. The molecule has 2 atom stereocenters. The molecular weight excluding hydrogens is 210 g/mol. The maximum atomic E-state index is 5.79. The second kappa shape index (κ2) is 7.17. The highest BCUT2D eigenvalue weighted by Crippen LogP contribution is 2.26. The van der Waals surface area contributed by atoms with Gasteiger partial charge in [0.25, 0.3) is 0 Å². The van der Waals surface area contributed by atoms with Crippen LogP contribution in [0.5, 0.6) is 0 Å². The smallest absolute Gasteiger partial charge is 0.0594 e. The highest BCUT2D eigenvalue weighted by molar-refractivity contribution is 5.13. The molecule has 1 heterocycles. The number of hydrogen-bond acceptors (Lipinski definition) is 2. The molecular formula is C15H27NO. The third kappa shape index (κ3) is 4.11. The lowest BCUT2D eigenvalue weighted by molar-refractivity contribution is 0.0973. The van der Waals surface area contributed by atoms with Gasteiger partial charge in [0.05, 0.1) is 6.10 Å². The number of nitrogens with one attached hydrogen (secondary N) is 1. The van der Waals surface area contributed by atoms with E-state index in [4.69, 9.17) is 4.74 Å². The largest absolute Gasteiger partial charge is 0.378 e. The Labute approximate surface area is 106 Å². The minimum atomic E-state index is 0.507. The first-order chi connectivity index (χ1) is 8.40. The van der Waals surface area contributed by atoms with Crippen LogP contribution in [-0.4, -0.2) is 25.3 Å². The van der Waals surface area contributed by atoms with E-state index in [-0.39, 0.29) is 0 Å². The van der Waals surface area contributed by atoms with E-state index < -0.39 is 0 Å². The fraction of sp³-hybridized carbons (Fsp3) is 0.867. The van der Waals surface area contributed by atoms with Gasteiger partial charge in [0.15, 0.2) is 0 Å². The van der Waals surface area contributed by atoms with Crippen LogP contribution < -0.4 is 5.32 Å². The van der Waals surface area contributed by atoms with Gasteiger partial charge in [0.1, 0.15) is 0 Å². The van der Waals surface area contributed by atoms with E-state index in [1.54, 1.807) is 5.57 Å². The molecule has 0 spiro atoms. The summed E-state index contributed by atoms with van der Waals surface area (Å²) in [4.78, 5) is 0. The second-order valence-electron chi connectivity index (χ2n) is 5.40.